The first-order valence-electron chi connectivity index (χ1n) is 6.80. The lowest BCUT2D eigenvalue weighted by Gasteiger charge is -2.13. The summed E-state index contributed by atoms with van der Waals surface area (Å²) >= 11 is 0. The van der Waals surface area contributed by atoms with E-state index in [9.17, 15) is 14.9 Å². The Hall–Kier alpha value is -2.11. The summed E-state index contributed by atoms with van der Waals surface area (Å²) in [4.78, 5) is 22.7. The van der Waals surface area contributed by atoms with Crippen molar-refractivity contribution in [2.75, 3.05) is 11.9 Å². The predicted octanol–water partition coefficient (Wildman–Crippen LogP) is 2.70. The Kier molecular flexibility index (Phi) is 3.92. The summed E-state index contributed by atoms with van der Waals surface area (Å²) < 4.78 is 0. The fourth-order valence-electron chi connectivity index (χ4n) is 1.91. The Morgan fingerprint density at radius 1 is 1.45 bits per heavy atom. The molecule has 0 bridgehead atoms. The monoisotopic (exact) mass is 277 g/mol. The van der Waals surface area contributed by atoms with Crippen molar-refractivity contribution in [3.05, 3.63) is 33.9 Å². The predicted molar refractivity (Wildman–Crippen MR) is 77.0 cm³/mol. The Bertz CT molecular complexity index is 538. The van der Waals surface area contributed by atoms with Crippen molar-refractivity contribution in [1.82, 2.24) is 5.32 Å². The average Bonchev–Trinajstić information content (AvgIpc) is 3.13. The van der Waals surface area contributed by atoms with Crippen molar-refractivity contribution < 1.29 is 9.72 Å². The topological polar surface area (TPSA) is 84.3 Å². The zero-order chi connectivity index (χ0) is 14.8. The van der Waals surface area contributed by atoms with Crippen LogP contribution in [0.3, 0.4) is 0 Å². The van der Waals surface area contributed by atoms with Gasteiger partial charge >= 0.3 is 0 Å². The third kappa shape index (κ3) is 3.26. The van der Waals surface area contributed by atoms with Gasteiger partial charge in [0.05, 0.1) is 4.92 Å². The lowest BCUT2D eigenvalue weighted by Crippen LogP contribution is -2.34. The van der Waals surface area contributed by atoms with Crippen LogP contribution in [0, 0.1) is 10.1 Å². The molecule has 1 aliphatic carbocycles. The van der Waals surface area contributed by atoms with Gasteiger partial charge in [0.15, 0.2) is 0 Å². The highest BCUT2D eigenvalue weighted by Crippen LogP contribution is 2.35. The fraction of sp³-hybridized carbons (Fsp3) is 0.500. The summed E-state index contributed by atoms with van der Waals surface area (Å²) in [6.07, 6.45) is 2.78. The minimum absolute atomic E-state index is 0.115. The van der Waals surface area contributed by atoms with E-state index in [2.05, 4.69) is 10.6 Å². The van der Waals surface area contributed by atoms with Gasteiger partial charge in [-0.2, -0.15) is 0 Å². The number of anilines is 1. The molecule has 0 heterocycles. The number of benzene rings is 1. The minimum atomic E-state index is -0.520. The largest absolute Gasteiger partial charge is 0.385 e. The second kappa shape index (κ2) is 5.48. The molecule has 6 heteroatoms. The summed E-state index contributed by atoms with van der Waals surface area (Å²) in [6, 6.07) is 4.56. The van der Waals surface area contributed by atoms with Crippen LogP contribution in [0.15, 0.2) is 18.2 Å². The van der Waals surface area contributed by atoms with Crippen molar-refractivity contribution in [1.29, 1.82) is 0 Å². The average molecular weight is 277 g/mol. The summed E-state index contributed by atoms with van der Waals surface area (Å²) in [5.41, 5.74) is 0.485. The van der Waals surface area contributed by atoms with Crippen molar-refractivity contribution in [3.8, 4) is 0 Å². The normalized spacial score (nSPS) is 15.5. The van der Waals surface area contributed by atoms with E-state index in [4.69, 9.17) is 0 Å². The van der Waals surface area contributed by atoms with Crippen molar-refractivity contribution in [2.24, 2.45) is 0 Å². The van der Waals surface area contributed by atoms with Gasteiger partial charge in [0.25, 0.3) is 11.6 Å². The van der Waals surface area contributed by atoms with Gasteiger partial charge in [-0.25, -0.2) is 0 Å². The molecule has 6 nitrogen and oxygen atoms in total. The molecule has 0 radical (unpaired) electrons. The van der Waals surface area contributed by atoms with Gasteiger partial charge in [0.2, 0.25) is 0 Å². The number of nitrogens with one attached hydrogen (secondary N) is 2. The lowest BCUT2D eigenvalue weighted by atomic mass is 10.1. The Morgan fingerprint density at radius 3 is 2.70 bits per heavy atom. The number of rotatable bonds is 6. The molecule has 1 amide bonds. The summed E-state index contributed by atoms with van der Waals surface area (Å²) in [6.45, 7) is 4.73. The zero-order valence-electron chi connectivity index (χ0n) is 11.7. The van der Waals surface area contributed by atoms with E-state index >= 15 is 0 Å². The molecule has 0 saturated heterocycles. The molecule has 2 rings (SSSR count). The van der Waals surface area contributed by atoms with Crippen LogP contribution in [0.5, 0.6) is 0 Å². The van der Waals surface area contributed by atoms with Crippen LogP contribution in [0.2, 0.25) is 0 Å². The number of hydrogen-bond donors (Lipinski definition) is 2. The SMILES string of the molecule is CCCNc1ccc([N+](=O)[O-])c(C(=O)NC2(C)CC2)c1. The maximum Gasteiger partial charge on any atom is 0.282 e. The molecule has 1 fully saturated rings. The molecule has 20 heavy (non-hydrogen) atoms. The molecule has 1 aliphatic rings. The quantitative estimate of drug-likeness (QED) is 0.618. The van der Waals surface area contributed by atoms with Crippen molar-refractivity contribution in [3.63, 3.8) is 0 Å². The number of nitro groups is 1. The Balaban J connectivity index is 2.26. The molecule has 0 atom stereocenters. The summed E-state index contributed by atoms with van der Waals surface area (Å²) in [5, 5.41) is 17.0. The molecule has 0 aliphatic heterocycles. The third-order valence-electron chi connectivity index (χ3n) is 3.43. The number of carbonyl (C=O) groups excluding carboxylic acids is 1. The van der Waals surface area contributed by atoms with E-state index in [0.717, 1.165) is 31.5 Å². The molecule has 1 aromatic rings. The molecule has 1 aromatic carbocycles. The highest BCUT2D eigenvalue weighted by molar-refractivity contribution is 5.99. The number of hydrogen-bond acceptors (Lipinski definition) is 4. The van der Waals surface area contributed by atoms with Crippen LogP contribution in [0.4, 0.5) is 11.4 Å². The van der Waals surface area contributed by atoms with E-state index in [1.807, 2.05) is 13.8 Å². The van der Waals surface area contributed by atoms with Gasteiger partial charge in [-0.15, -0.1) is 0 Å². The van der Waals surface area contributed by atoms with Gasteiger partial charge in [-0.1, -0.05) is 6.92 Å². The molecule has 0 spiro atoms. The second-order valence-electron chi connectivity index (χ2n) is 5.43. The Labute approximate surface area is 117 Å². The van der Waals surface area contributed by atoms with Crippen LogP contribution in [-0.4, -0.2) is 22.9 Å². The fourth-order valence-corrected chi connectivity index (χ4v) is 1.91. The number of nitrogens with zero attached hydrogens (tertiary/aromatic N) is 1. The highest BCUT2D eigenvalue weighted by atomic mass is 16.6. The maximum absolute atomic E-state index is 12.2. The third-order valence-corrected chi connectivity index (χ3v) is 3.43. The molecule has 1 saturated carbocycles. The van der Waals surface area contributed by atoms with Crippen LogP contribution in [-0.2, 0) is 0 Å². The van der Waals surface area contributed by atoms with Gasteiger partial charge in [0.1, 0.15) is 5.56 Å². The summed E-state index contributed by atoms with van der Waals surface area (Å²) in [5.74, 6) is -0.378. The van der Waals surface area contributed by atoms with Gasteiger partial charge < -0.3 is 10.6 Å². The smallest absolute Gasteiger partial charge is 0.282 e. The first-order valence-corrected chi connectivity index (χ1v) is 6.80. The molecular weight excluding hydrogens is 258 g/mol. The van der Waals surface area contributed by atoms with Crippen LogP contribution in [0.25, 0.3) is 0 Å². The van der Waals surface area contributed by atoms with Crippen LogP contribution in [0.1, 0.15) is 43.5 Å². The minimum Gasteiger partial charge on any atom is -0.385 e. The van der Waals surface area contributed by atoms with E-state index < -0.39 is 4.92 Å². The highest BCUT2D eigenvalue weighted by Gasteiger charge is 2.39. The van der Waals surface area contributed by atoms with Gasteiger partial charge in [0, 0.05) is 23.8 Å². The standard InChI is InChI=1S/C14H19N3O3/c1-3-8-15-10-4-5-12(17(19)20)11(9-10)13(18)16-14(2)6-7-14/h4-5,9,15H,3,6-8H2,1-2H3,(H,16,18). The zero-order valence-corrected chi connectivity index (χ0v) is 11.7. The van der Waals surface area contributed by atoms with E-state index in [0.29, 0.717) is 0 Å². The van der Waals surface area contributed by atoms with Crippen molar-refractivity contribution >= 4 is 17.3 Å². The first kappa shape index (κ1) is 14.3. The number of carbonyl (C=O) groups is 1. The number of nitro benzene ring substituents is 1. The first-order chi connectivity index (χ1) is 9.45. The van der Waals surface area contributed by atoms with Gasteiger partial charge in [-0.05, 0) is 38.3 Å². The molecule has 2 N–H and O–H groups in total. The van der Waals surface area contributed by atoms with E-state index in [1.165, 1.54) is 6.07 Å². The van der Waals surface area contributed by atoms with Crippen LogP contribution < -0.4 is 10.6 Å². The lowest BCUT2D eigenvalue weighted by molar-refractivity contribution is -0.385. The molecule has 108 valence electrons. The molecule has 0 aromatic heterocycles. The van der Waals surface area contributed by atoms with E-state index in [1.54, 1.807) is 12.1 Å². The maximum atomic E-state index is 12.2. The van der Waals surface area contributed by atoms with Crippen molar-refractivity contribution in [2.45, 2.75) is 38.6 Å². The van der Waals surface area contributed by atoms with Gasteiger partial charge in [-0.3, -0.25) is 14.9 Å². The molecular formula is C14H19N3O3. The van der Waals surface area contributed by atoms with E-state index in [-0.39, 0.29) is 22.7 Å². The summed E-state index contributed by atoms with van der Waals surface area (Å²) in [7, 11) is 0. The second-order valence-corrected chi connectivity index (χ2v) is 5.43. The molecule has 0 unspecified atom stereocenters. The van der Waals surface area contributed by atoms with Crippen LogP contribution >= 0.6 is 0 Å². The Morgan fingerprint density at radius 2 is 2.15 bits per heavy atom. The number of amides is 1.